The zero-order chi connectivity index (χ0) is 23.5. The van der Waals surface area contributed by atoms with Gasteiger partial charge in [-0.2, -0.15) is 0 Å². The molecule has 2 N–H and O–H groups in total. The number of nitrogens with zero attached hydrogens (tertiary/aromatic N) is 1. The topological polar surface area (TPSA) is 106 Å². The van der Waals surface area contributed by atoms with Crippen LogP contribution >= 0.6 is 0 Å². The molecule has 0 saturated carbocycles. The highest BCUT2D eigenvalue weighted by atomic mass is 16.6. The Bertz CT molecular complexity index is 1360. The number of carbonyl (C=O) groups excluding carboxylic acids is 1. The number of methoxy groups -OCH3 is 1. The smallest absolute Gasteiger partial charge is 0.322 e. The van der Waals surface area contributed by atoms with E-state index in [1.54, 1.807) is 61.9 Å². The van der Waals surface area contributed by atoms with Gasteiger partial charge in [0, 0.05) is 22.7 Å². The van der Waals surface area contributed by atoms with Crippen molar-refractivity contribution in [2.24, 2.45) is 0 Å². The average molecular weight is 461 g/mol. The fraction of sp³-hybridized carbons (Fsp3) is 0.200. The Balaban J connectivity index is 1.43. The number of nitrogens with one attached hydrogen (secondary N) is 2. The van der Waals surface area contributed by atoms with Crippen molar-refractivity contribution < 1.29 is 23.4 Å². The first-order chi connectivity index (χ1) is 16.6. The van der Waals surface area contributed by atoms with Crippen LogP contribution in [-0.4, -0.2) is 36.2 Å². The highest BCUT2D eigenvalue weighted by Crippen LogP contribution is 2.33. The average Bonchev–Trinajstić information content (AvgIpc) is 3.36. The molecule has 0 atom stereocenters. The number of aromatic nitrogens is 1. The van der Waals surface area contributed by atoms with Gasteiger partial charge in [0.2, 0.25) is 0 Å². The van der Waals surface area contributed by atoms with Crippen molar-refractivity contribution in [3.05, 3.63) is 82.5 Å². The van der Waals surface area contributed by atoms with Crippen LogP contribution in [0.1, 0.15) is 11.3 Å². The van der Waals surface area contributed by atoms with Gasteiger partial charge in [-0.15, -0.1) is 0 Å². The molecule has 5 rings (SSSR count). The molecule has 2 aromatic heterocycles. The lowest BCUT2D eigenvalue weighted by Crippen LogP contribution is -2.35. The van der Waals surface area contributed by atoms with Crippen molar-refractivity contribution in [1.82, 2.24) is 9.88 Å². The lowest BCUT2D eigenvalue weighted by atomic mass is 10.1. The van der Waals surface area contributed by atoms with Crippen LogP contribution in [0.15, 0.2) is 70.1 Å². The van der Waals surface area contributed by atoms with Crippen LogP contribution in [0.5, 0.6) is 17.2 Å². The lowest BCUT2D eigenvalue weighted by molar-refractivity contribution is 0.172. The number of pyridine rings is 1. The molecule has 1 aliphatic rings. The normalized spacial score (nSPS) is 12.4. The van der Waals surface area contributed by atoms with Gasteiger partial charge >= 0.3 is 6.03 Å². The van der Waals surface area contributed by atoms with Crippen molar-refractivity contribution in [2.75, 3.05) is 25.6 Å². The Labute approximate surface area is 194 Å². The van der Waals surface area contributed by atoms with Crippen molar-refractivity contribution in [2.45, 2.75) is 13.1 Å². The van der Waals surface area contributed by atoms with Gasteiger partial charge in [0.1, 0.15) is 24.7 Å². The Morgan fingerprint density at radius 2 is 1.82 bits per heavy atom. The predicted molar refractivity (Wildman–Crippen MR) is 126 cm³/mol. The first-order valence-electron chi connectivity index (χ1n) is 10.8. The number of urea groups is 1. The molecule has 0 unspecified atom stereocenters. The summed E-state index contributed by atoms with van der Waals surface area (Å²) in [5, 5.41) is 3.65. The van der Waals surface area contributed by atoms with Crippen LogP contribution in [-0.2, 0) is 13.1 Å². The maximum absolute atomic E-state index is 13.2. The molecule has 4 aromatic rings. The highest BCUT2D eigenvalue weighted by Gasteiger charge is 2.19. The summed E-state index contributed by atoms with van der Waals surface area (Å²) in [6.45, 7) is 1.19. The van der Waals surface area contributed by atoms with Gasteiger partial charge in [-0.25, -0.2) is 4.79 Å². The number of carbonyl (C=O) groups is 1. The molecule has 2 aromatic carbocycles. The predicted octanol–water partition coefficient (Wildman–Crippen LogP) is 4.14. The van der Waals surface area contributed by atoms with E-state index in [2.05, 4.69) is 10.3 Å². The molecule has 0 radical (unpaired) electrons. The van der Waals surface area contributed by atoms with E-state index >= 15 is 0 Å². The minimum absolute atomic E-state index is 0.0718. The van der Waals surface area contributed by atoms with Crippen LogP contribution in [0, 0.1) is 0 Å². The van der Waals surface area contributed by atoms with Crippen LogP contribution in [0.2, 0.25) is 0 Å². The van der Waals surface area contributed by atoms with E-state index in [1.807, 2.05) is 6.07 Å². The van der Waals surface area contributed by atoms with E-state index in [0.717, 1.165) is 5.39 Å². The number of benzene rings is 2. The van der Waals surface area contributed by atoms with E-state index in [1.165, 1.54) is 4.90 Å². The number of hydrogen-bond acceptors (Lipinski definition) is 6. The van der Waals surface area contributed by atoms with Crippen LogP contribution in [0.25, 0.3) is 10.9 Å². The third-order valence-corrected chi connectivity index (χ3v) is 5.50. The Kier molecular flexibility index (Phi) is 5.82. The molecular weight excluding hydrogens is 438 g/mol. The van der Waals surface area contributed by atoms with Crippen molar-refractivity contribution in [1.29, 1.82) is 0 Å². The summed E-state index contributed by atoms with van der Waals surface area (Å²) in [4.78, 5) is 30.4. The summed E-state index contributed by atoms with van der Waals surface area (Å²) in [7, 11) is 1.58. The number of hydrogen-bond donors (Lipinski definition) is 2. The van der Waals surface area contributed by atoms with E-state index in [-0.39, 0.29) is 24.7 Å². The number of amides is 2. The molecule has 2 amide bonds. The SMILES string of the molecule is COc1ccc(NC(=O)N(Cc2ccco2)Cc2cc3cc4c(cc3[nH]c2=O)OCCO4)cc1. The van der Waals surface area contributed by atoms with Crippen LogP contribution in [0.4, 0.5) is 10.5 Å². The lowest BCUT2D eigenvalue weighted by Gasteiger charge is -2.22. The van der Waals surface area contributed by atoms with Crippen LogP contribution < -0.4 is 25.1 Å². The first kappa shape index (κ1) is 21.4. The molecule has 0 fully saturated rings. The quantitative estimate of drug-likeness (QED) is 0.447. The molecule has 9 nitrogen and oxygen atoms in total. The van der Waals surface area contributed by atoms with Crippen LogP contribution in [0.3, 0.4) is 0 Å². The zero-order valence-corrected chi connectivity index (χ0v) is 18.5. The minimum atomic E-state index is -0.372. The maximum Gasteiger partial charge on any atom is 0.322 e. The number of ether oxygens (including phenoxy) is 3. The highest BCUT2D eigenvalue weighted by molar-refractivity contribution is 5.89. The second kappa shape index (κ2) is 9.22. The Morgan fingerprint density at radius 1 is 1.06 bits per heavy atom. The van der Waals surface area contributed by atoms with E-state index in [0.29, 0.717) is 53.0 Å². The second-order valence-electron chi connectivity index (χ2n) is 7.80. The van der Waals surface area contributed by atoms with Gasteiger partial charge in [0.15, 0.2) is 11.5 Å². The molecule has 0 bridgehead atoms. The Hall–Kier alpha value is -4.40. The Morgan fingerprint density at radius 3 is 2.53 bits per heavy atom. The molecule has 34 heavy (non-hydrogen) atoms. The molecule has 1 aliphatic heterocycles. The summed E-state index contributed by atoms with van der Waals surface area (Å²) >= 11 is 0. The number of furan rings is 1. The van der Waals surface area contributed by atoms with Gasteiger partial charge in [-0.3, -0.25) is 4.79 Å². The largest absolute Gasteiger partial charge is 0.497 e. The summed E-state index contributed by atoms with van der Waals surface area (Å²) in [5.74, 6) is 2.51. The zero-order valence-electron chi connectivity index (χ0n) is 18.5. The molecule has 9 heteroatoms. The van der Waals surface area contributed by atoms with Gasteiger partial charge in [0.05, 0.1) is 32.0 Å². The van der Waals surface area contributed by atoms with E-state index in [4.69, 9.17) is 18.6 Å². The number of rotatable bonds is 6. The van der Waals surface area contributed by atoms with Crippen molar-refractivity contribution in [3.63, 3.8) is 0 Å². The van der Waals surface area contributed by atoms with E-state index in [9.17, 15) is 9.59 Å². The molecule has 3 heterocycles. The summed E-state index contributed by atoms with van der Waals surface area (Å²) in [5.41, 5.74) is 1.39. The molecule has 0 spiro atoms. The minimum Gasteiger partial charge on any atom is -0.497 e. The number of H-pyrrole nitrogens is 1. The van der Waals surface area contributed by atoms with Crippen molar-refractivity contribution >= 4 is 22.6 Å². The number of aromatic amines is 1. The summed E-state index contributed by atoms with van der Waals surface area (Å²) in [6.07, 6.45) is 1.54. The summed E-state index contributed by atoms with van der Waals surface area (Å²) in [6, 6.07) is 15.5. The van der Waals surface area contributed by atoms with Gasteiger partial charge in [0.25, 0.3) is 5.56 Å². The van der Waals surface area contributed by atoms with Gasteiger partial charge in [-0.1, -0.05) is 0 Å². The molecule has 0 aliphatic carbocycles. The third-order valence-electron chi connectivity index (χ3n) is 5.50. The standard InChI is InChI=1S/C25H23N3O6/c1-31-19-6-4-18(5-7-19)26-25(30)28(15-20-3-2-8-32-20)14-17-11-16-12-22-23(34-10-9-33-22)13-21(16)27-24(17)29/h2-8,11-13H,9-10,14-15H2,1H3,(H,26,30)(H,27,29). The third kappa shape index (κ3) is 4.54. The number of fused-ring (bicyclic) bond motifs is 2. The maximum atomic E-state index is 13.2. The second-order valence-corrected chi connectivity index (χ2v) is 7.80. The molecular formula is C25H23N3O6. The van der Waals surface area contributed by atoms with Gasteiger partial charge in [-0.05, 0) is 48.5 Å². The summed E-state index contributed by atoms with van der Waals surface area (Å²) < 4.78 is 21.9. The fourth-order valence-electron chi connectivity index (χ4n) is 3.78. The number of anilines is 1. The molecule has 174 valence electrons. The first-order valence-corrected chi connectivity index (χ1v) is 10.8. The van der Waals surface area contributed by atoms with E-state index < -0.39 is 0 Å². The van der Waals surface area contributed by atoms with Crippen molar-refractivity contribution in [3.8, 4) is 17.2 Å². The monoisotopic (exact) mass is 461 g/mol. The van der Waals surface area contributed by atoms with Gasteiger partial charge < -0.3 is 33.8 Å². The fourth-order valence-corrected chi connectivity index (χ4v) is 3.78. The molecule has 0 saturated heterocycles.